The topological polar surface area (TPSA) is 55.2 Å². The van der Waals surface area contributed by atoms with E-state index in [4.69, 9.17) is 11.6 Å². The van der Waals surface area contributed by atoms with Crippen molar-refractivity contribution < 1.29 is 9.18 Å². The third kappa shape index (κ3) is 4.20. The summed E-state index contributed by atoms with van der Waals surface area (Å²) in [5, 5.41) is 1.31. The zero-order valence-electron chi connectivity index (χ0n) is 15.5. The lowest BCUT2D eigenvalue weighted by molar-refractivity contribution is -0.127. The number of nitrogens with zero attached hydrogens (tertiary/aromatic N) is 3. The lowest BCUT2D eigenvalue weighted by atomic mass is 10.2. The molecule has 0 atom stereocenters. The van der Waals surface area contributed by atoms with Gasteiger partial charge in [0.2, 0.25) is 5.91 Å². The molecule has 5 nitrogen and oxygen atoms in total. The molecule has 3 rings (SSSR count). The van der Waals surface area contributed by atoms with Crippen LogP contribution in [-0.2, 0) is 17.9 Å². The Morgan fingerprint density at radius 2 is 2.00 bits per heavy atom. The molecular weight excluding hydrogens is 401 g/mol. The predicted molar refractivity (Wildman–Crippen MR) is 110 cm³/mol. The van der Waals surface area contributed by atoms with Crippen molar-refractivity contribution in [1.82, 2.24) is 14.5 Å². The van der Waals surface area contributed by atoms with Gasteiger partial charge in [-0.25, -0.2) is 9.37 Å². The normalized spacial score (nSPS) is 11.0. The number of aromatic nitrogens is 2. The standard InChI is InChI=1S/C20H19ClFN3O2S/c1-3-25-19(27)13-7-4-5-10-17(13)23-20(25)28-12-18(26)24(2)11-14-15(21)8-6-9-16(14)22/h4-10H,3,11-12H2,1-2H3. The van der Waals surface area contributed by atoms with E-state index in [-0.39, 0.29) is 34.4 Å². The summed E-state index contributed by atoms with van der Waals surface area (Å²) < 4.78 is 15.5. The van der Waals surface area contributed by atoms with Gasteiger partial charge in [-0.3, -0.25) is 14.2 Å². The van der Waals surface area contributed by atoms with Gasteiger partial charge in [-0.05, 0) is 31.2 Å². The minimum absolute atomic E-state index is 0.0661. The monoisotopic (exact) mass is 419 g/mol. The van der Waals surface area contributed by atoms with Crippen LogP contribution in [-0.4, -0.2) is 33.2 Å². The molecule has 28 heavy (non-hydrogen) atoms. The maximum atomic E-state index is 13.9. The van der Waals surface area contributed by atoms with Crippen molar-refractivity contribution in [2.45, 2.75) is 25.2 Å². The first kappa shape index (κ1) is 20.4. The largest absolute Gasteiger partial charge is 0.341 e. The molecule has 0 saturated heterocycles. The summed E-state index contributed by atoms with van der Waals surface area (Å²) in [6, 6.07) is 11.5. The highest BCUT2D eigenvalue weighted by molar-refractivity contribution is 7.99. The Kier molecular flexibility index (Phi) is 6.36. The highest BCUT2D eigenvalue weighted by Gasteiger charge is 2.17. The minimum atomic E-state index is -0.448. The molecule has 0 unspecified atom stereocenters. The first-order chi connectivity index (χ1) is 13.4. The number of fused-ring (bicyclic) bond motifs is 1. The van der Waals surface area contributed by atoms with Crippen LogP contribution in [0.25, 0.3) is 10.9 Å². The maximum absolute atomic E-state index is 13.9. The summed E-state index contributed by atoms with van der Waals surface area (Å²) in [5.41, 5.74) is 0.743. The zero-order valence-corrected chi connectivity index (χ0v) is 17.1. The number of carbonyl (C=O) groups excluding carboxylic acids is 1. The van der Waals surface area contributed by atoms with E-state index in [1.807, 2.05) is 13.0 Å². The van der Waals surface area contributed by atoms with E-state index in [0.717, 1.165) is 0 Å². The summed E-state index contributed by atoms with van der Waals surface area (Å²) in [6.07, 6.45) is 0. The smallest absolute Gasteiger partial charge is 0.262 e. The van der Waals surface area contributed by atoms with Gasteiger partial charge in [0.1, 0.15) is 5.82 Å². The molecular formula is C20H19ClFN3O2S. The highest BCUT2D eigenvalue weighted by Crippen LogP contribution is 2.22. The first-order valence-electron chi connectivity index (χ1n) is 8.71. The first-order valence-corrected chi connectivity index (χ1v) is 10.1. The number of benzene rings is 2. The predicted octanol–water partition coefficient (Wildman–Crippen LogP) is 3.96. The molecule has 0 aliphatic rings. The molecule has 0 bridgehead atoms. The van der Waals surface area contributed by atoms with Crippen LogP contribution in [0.2, 0.25) is 5.02 Å². The summed E-state index contributed by atoms with van der Waals surface area (Å²) >= 11 is 7.22. The molecule has 0 saturated carbocycles. The lowest BCUT2D eigenvalue weighted by Crippen LogP contribution is -2.29. The number of hydrogen-bond donors (Lipinski definition) is 0. The Morgan fingerprint density at radius 3 is 2.71 bits per heavy atom. The third-order valence-electron chi connectivity index (χ3n) is 4.35. The molecule has 0 N–H and O–H groups in total. The van der Waals surface area contributed by atoms with Crippen molar-refractivity contribution in [2.75, 3.05) is 12.8 Å². The van der Waals surface area contributed by atoms with Crippen molar-refractivity contribution in [3.63, 3.8) is 0 Å². The molecule has 1 aromatic heterocycles. The molecule has 1 amide bonds. The molecule has 0 radical (unpaired) electrons. The fourth-order valence-corrected chi connectivity index (χ4v) is 4.01. The van der Waals surface area contributed by atoms with Crippen LogP contribution in [0.5, 0.6) is 0 Å². The van der Waals surface area contributed by atoms with Crippen molar-refractivity contribution in [3.8, 4) is 0 Å². The van der Waals surface area contributed by atoms with Crippen LogP contribution >= 0.6 is 23.4 Å². The second kappa shape index (κ2) is 8.75. The second-order valence-electron chi connectivity index (χ2n) is 6.20. The third-order valence-corrected chi connectivity index (χ3v) is 5.67. The van der Waals surface area contributed by atoms with Gasteiger partial charge in [0, 0.05) is 30.7 Å². The van der Waals surface area contributed by atoms with Crippen LogP contribution in [0.15, 0.2) is 52.4 Å². The number of thioether (sulfide) groups is 1. The van der Waals surface area contributed by atoms with E-state index in [1.54, 1.807) is 35.9 Å². The van der Waals surface area contributed by atoms with Gasteiger partial charge in [0.25, 0.3) is 5.56 Å². The van der Waals surface area contributed by atoms with Crippen molar-refractivity contribution in [3.05, 3.63) is 69.2 Å². The fourth-order valence-electron chi connectivity index (χ4n) is 2.78. The Bertz CT molecular complexity index is 1070. The van der Waals surface area contributed by atoms with Gasteiger partial charge in [-0.1, -0.05) is 41.6 Å². The van der Waals surface area contributed by atoms with Gasteiger partial charge in [0.15, 0.2) is 5.16 Å². The fraction of sp³-hybridized carbons (Fsp3) is 0.250. The van der Waals surface area contributed by atoms with E-state index in [1.165, 1.54) is 28.8 Å². The van der Waals surface area contributed by atoms with E-state index in [9.17, 15) is 14.0 Å². The van der Waals surface area contributed by atoms with Crippen LogP contribution in [0.1, 0.15) is 12.5 Å². The number of para-hydroxylation sites is 1. The average Bonchev–Trinajstić information content (AvgIpc) is 2.69. The molecule has 3 aromatic rings. The lowest BCUT2D eigenvalue weighted by Gasteiger charge is -2.18. The Balaban J connectivity index is 1.76. The molecule has 2 aromatic carbocycles. The number of rotatable bonds is 6. The van der Waals surface area contributed by atoms with Gasteiger partial charge < -0.3 is 4.90 Å². The number of halogens is 2. The molecule has 0 aliphatic carbocycles. The summed E-state index contributed by atoms with van der Waals surface area (Å²) in [5.74, 6) is -0.585. The Labute approximate surface area is 171 Å². The number of carbonyl (C=O) groups is 1. The van der Waals surface area contributed by atoms with Gasteiger partial charge in [-0.2, -0.15) is 0 Å². The summed E-state index contributed by atoms with van der Waals surface area (Å²) in [6.45, 7) is 2.38. The summed E-state index contributed by atoms with van der Waals surface area (Å²) in [4.78, 5) is 31.1. The Morgan fingerprint density at radius 1 is 1.25 bits per heavy atom. The van der Waals surface area contributed by atoms with E-state index in [0.29, 0.717) is 22.6 Å². The molecule has 146 valence electrons. The molecule has 8 heteroatoms. The molecule has 0 aliphatic heterocycles. The average molecular weight is 420 g/mol. The molecule has 0 spiro atoms. The van der Waals surface area contributed by atoms with Crippen molar-refractivity contribution in [2.24, 2.45) is 0 Å². The SMILES string of the molecule is CCn1c(SCC(=O)N(C)Cc2c(F)cccc2Cl)nc2ccccc2c1=O. The van der Waals surface area contributed by atoms with E-state index in [2.05, 4.69) is 4.98 Å². The number of hydrogen-bond acceptors (Lipinski definition) is 4. The minimum Gasteiger partial charge on any atom is -0.341 e. The van der Waals surface area contributed by atoms with Gasteiger partial charge in [0.05, 0.1) is 16.7 Å². The van der Waals surface area contributed by atoms with Crippen LogP contribution < -0.4 is 5.56 Å². The van der Waals surface area contributed by atoms with E-state index >= 15 is 0 Å². The van der Waals surface area contributed by atoms with Gasteiger partial charge in [-0.15, -0.1) is 0 Å². The zero-order chi connectivity index (χ0) is 20.3. The quantitative estimate of drug-likeness (QED) is 0.448. The van der Waals surface area contributed by atoms with Crippen LogP contribution in [0.4, 0.5) is 4.39 Å². The Hall–Kier alpha value is -2.38. The summed E-state index contributed by atoms with van der Waals surface area (Å²) in [7, 11) is 1.59. The number of amides is 1. The second-order valence-corrected chi connectivity index (χ2v) is 7.55. The maximum Gasteiger partial charge on any atom is 0.262 e. The molecule has 1 heterocycles. The van der Waals surface area contributed by atoms with Crippen LogP contribution in [0, 0.1) is 5.82 Å². The van der Waals surface area contributed by atoms with Crippen molar-refractivity contribution in [1.29, 1.82) is 0 Å². The van der Waals surface area contributed by atoms with E-state index < -0.39 is 5.82 Å². The van der Waals surface area contributed by atoms with Crippen LogP contribution in [0.3, 0.4) is 0 Å². The molecule has 0 fully saturated rings. The van der Waals surface area contributed by atoms with Crippen molar-refractivity contribution >= 4 is 40.2 Å². The highest BCUT2D eigenvalue weighted by atomic mass is 35.5. The van der Waals surface area contributed by atoms with Gasteiger partial charge >= 0.3 is 0 Å².